The van der Waals surface area contributed by atoms with Gasteiger partial charge in [0.05, 0.1) is 0 Å². The van der Waals surface area contributed by atoms with E-state index in [-0.39, 0.29) is 10.8 Å². The molecule has 0 aliphatic heterocycles. The predicted molar refractivity (Wildman–Crippen MR) is 227 cm³/mol. The first-order chi connectivity index (χ1) is 25.1. The second-order valence-electron chi connectivity index (χ2n) is 17.6. The first kappa shape index (κ1) is 30.2. The zero-order valence-corrected chi connectivity index (χ0v) is 31.0. The van der Waals surface area contributed by atoms with Crippen LogP contribution in [-0.2, 0) is 12.8 Å². The van der Waals surface area contributed by atoms with E-state index in [1.807, 2.05) is 0 Å². The first-order valence-corrected chi connectivity index (χ1v) is 19.0. The van der Waals surface area contributed by atoms with Crippen LogP contribution in [0, 0.1) is 10.8 Å². The summed E-state index contributed by atoms with van der Waals surface area (Å²) in [5.74, 6) is 0. The third-order valence-corrected chi connectivity index (χ3v) is 12.6. The molecule has 0 nitrogen and oxygen atoms in total. The maximum atomic E-state index is 2.49. The number of hydrogen-bond acceptors (Lipinski definition) is 0. The quantitative estimate of drug-likeness (QED) is 0.172. The van der Waals surface area contributed by atoms with Gasteiger partial charge < -0.3 is 0 Å². The zero-order chi connectivity index (χ0) is 35.3. The molecule has 0 saturated carbocycles. The molecule has 9 aromatic rings. The lowest BCUT2D eigenvalue weighted by Gasteiger charge is -2.28. The number of fused-ring (bicyclic) bond motifs is 6. The van der Waals surface area contributed by atoms with Crippen molar-refractivity contribution in [3.05, 3.63) is 143 Å². The van der Waals surface area contributed by atoms with Crippen LogP contribution in [0.3, 0.4) is 0 Å². The van der Waals surface area contributed by atoms with E-state index in [1.54, 1.807) is 0 Å². The minimum atomic E-state index is 0.130. The van der Waals surface area contributed by atoms with Crippen molar-refractivity contribution in [2.45, 2.75) is 54.4 Å². The molecule has 0 radical (unpaired) electrons. The summed E-state index contributed by atoms with van der Waals surface area (Å²) in [5.41, 5.74) is 14.2. The van der Waals surface area contributed by atoms with E-state index in [0.717, 1.165) is 12.8 Å². The monoisotopic (exact) mass is 666 g/mol. The van der Waals surface area contributed by atoms with Crippen LogP contribution in [0.25, 0.3) is 99.0 Å². The second kappa shape index (κ2) is 10.1. The Morgan fingerprint density at radius 1 is 0.346 bits per heavy atom. The highest BCUT2D eigenvalue weighted by atomic mass is 14.3. The molecular weight excluding hydrogens is 625 g/mol. The average Bonchev–Trinajstić information content (AvgIpc) is 3.66. The summed E-state index contributed by atoms with van der Waals surface area (Å²) in [5, 5.41) is 16.8. The van der Waals surface area contributed by atoms with Crippen molar-refractivity contribution in [1.29, 1.82) is 0 Å². The Kier molecular flexibility index (Phi) is 5.87. The maximum absolute atomic E-state index is 2.49. The van der Waals surface area contributed by atoms with Crippen molar-refractivity contribution in [2.75, 3.05) is 0 Å². The molecule has 0 fully saturated rings. The summed E-state index contributed by atoms with van der Waals surface area (Å²) < 4.78 is 0. The number of rotatable bonds is 2. The van der Waals surface area contributed by atoms with Gasteiger partial charge in [0, 0.05) is 0 Å². The number of hydrogen-bond donors (Lipinski definition) is 0. The molecule has 0 aromatic heterocycles. The minimum absolute atomic E-state index is 0.130. The van der Waals surface area contributed by atoms with E-state index in [4.69, 9.17) is 0 Å². The normalized spacial score (nSPS) is 14.8. The van der Waals surface area contributed by atoms with Gasteiger partial charge >= 0.3 is 0 Å². The van der Waals surface area contributed by atoms with E-state index >= 15 is 0 Å². The van der Waals surface area contributed by atoms with Crippen LogP contribution >= 0.6 is 0 Å². The Bertz CT molecular complexity index is 2760. The van der Waals surface area contributed by atoms with Crippen molar-refractivity contribution >= 4 is 76.8 Å². The van der Waals surface area contributed by atoms with Gasteiger partial charge in [0.15, 0.2) is 0 Å². The lowest BCUT2D eigenvalue weighted by molar-refractivity contribution is 0.495. The van der Waals surface area contributed by atoms with Crippen LogP contribution in [-0.4, -0.2) is 0 Å². The number of benzene rings is 7. The average molecular weight is 667 g/mol. The Morgan fingerprint density at radius 2 is 0.692 bits per heavy atom. The van der Waals surface area contributed by atoms with Crippen LogP contribution in [0.1, 0.15) is 63.8 Å². The first-order valence-electron chi connectivity index (χ1n) is 19.0. The molecule has 0 heterocycles. The highest BCUT2D eigenvalue weighted by molar-refractivity contribution is 6.47. The SMILES string of the molecule is CC(C)(C)C1=Cc2ccc3c4c(-c5ccccc5)c5c6ccc7c8c(ccc(c5c(-c5ccccc5)c4c4ccc(c2c34)C1)c86)C=C(C(C)(C)C)C7. The smallest absolute Gasteiger partial charge is 0.000718 e. The molecule has 0 spiro atoms. The molecule has 52 heavy (non-hydrogen) atoms. The molecule has 0 unspecified atom stereocenters. The molecule has 11 rings (SSSR count). The van der Waals surface area contributed by atoms with Gasteiger partial charge in [-0.05, 0) is 133 Å². The van der Waals surface area contributed by atoms with E-state index in [9.17, 15) is 0 Å². The molecule has 0 saturated heterocycles. The third-order valence-electron chi connectivity index (χ3n) is 12.6. The lowest BCUT2D eigenvalue weighted by Crippen LogP contribution is -2.14. The van der Waals surface area contributed by atoms with Crippen LogP contribution in [0.5, 0.6) is 0 Å². The highest BCUT2D eigenvalue weighted by Crippen LogP contribution is 2.57. The molecule has 0 bridgehead atoms. The number of allylic oxidation sites excluding steroid dienone is 2. The van der Waals surface area contributed by atoms with Crippen LogP contribution in [0.2, 0.25) is 0 Å². The van der Waals surface area contributed by atoms with Crippen molar-refractivity contribution in [1.82, 2.24) is 0 Å². The summed E-state index contributed by atoms with van der Waals surface area (Å²) in [6, 6.07) is 42.0. The third kappa shape index (κ3) is 3.93. The van der Waals surface area contributed by atoms with E-state index < -0.39 is 0 Å². The highest BCUT2D eigenvalue weighted by Gasteiger charge is 2.31. The summed E-state index contributed by atoms with van der Waals surface area (Å²) in [6.07, 6.45) is 6.99. The van der Waals surface area contributed by atoms with Gasteiger partial charge in [-0.25, -0.2) is 0 Å². The topological polar surface area (TPSA) is 0 Å². The standard InChI is InChI=1S/C52H42/c1-51(2,3)35-25-31-17-21-37-45-38(22-18-32(26-35)41(31)45)48-44(30-15-11-8-12-16-30)50-40-24-20-34-28-36(52(4,5)6)27-33-19-23-39(46(40)42(33)34)49(50)43(47(37)48)29-13-9-7-10-14-29/h7-25,28H,26-27H2,1-6H3. The second-order valence-corrected chi connectivity index (χ2v) is 17.6. The van der Waals surface area contributed by atoms with Crippen molar-refractivity contribution in [3.63, 3.8) is 0 Å². The Balaban J connectivity index is 1.40. The molecule has 9 aromatic carbocycles. The van der Waals surface area contributed by atoms with Crippen LogP contribution < -0.4 is 0 Å². The largest absolute Gasteiger partial charge is 0.0622 e. The van der Waals surface area contributed by atoms with E-state index in [0.29, 0.717) is 0 Å². The Labute approximate surface area is 305 Å². The lowest BCUT2D eigenvalue weighted by atomic mass is 9.77. The molecule has 0 amide bonds. The van der Waals surface area contributed by atoms with E-state index in [1.165, 1.54) is 120 Å². The van der Waals surface area contributed by atoms with Gasteiger partial charge in [-0.1, -0.05) is 174 Å². The fourth-order valence-corrected chi connectivity index (χ4v) is 10.0. The molecular formula is C52H42. The predicted octanol–water partition coefficient (Wildman–Crippen LogP) is 14.8. The van der Waals surface area contributed by atoms with Gasteiger partial charge in [0.1, 0.15) is 0 Å². The van der Waals surface area contributed by atoms with E-state index in [2.05, 4.69) is 163 Å². The maximum Gasteiger partial charge on any atom is -0.000718 e. The van der Waals surface area contributed by atoms with Crippen LogP contribution in [0.15, 0.2) is 120 Å². The van der Waals surface area contributed by atoms with Gasteiger partial charge in [-0.2, -0.15) is 0 Å². The molecule has 2 aliphatic rings. The van der Waals surface area contributed by atoms with Gasteiger partial charge in [0.25, 0.3) is 0 Å². The zero-order valence-electron chi connectivity index (χ0n) is 31.0. The summed E-state index contributed by atoms with van der Waals surface area (Å²) in [4.78, 5) is 0. The van der Waals surface area contributed by atoms with Gasteiger partial charge in [-0.15, -0.1) is 0 Å². The summed E-state index contributed by atoms with van der Waals surface area (Å²) in [7, 11) is 0. The van der Waals surface area contributed by atoms with Gasteiger partial charge in [0.2, 0.25) is 0 Å². The summed E-state index contributed by atoms with van der Waals surface area (Å²) >= 11 is 0. The van der Waals surface area contributed by atoms with Crippen molar-refractivity contribution in [3.8, 4) is 22.3 Å². The fraction of sp³-hybridized carbons (Fsp3) is 0.192. The van der Waals surface area contributed by atoms with Gasteiger partial charge in [-0.3, -0.25) is 0 Å². The summed E-state index contributed by atoms with van der Waals surface area (Å²) in [6.45, 7) is 14.1. The molecule has 2 aliphatic carbocycles. The Morgan fingerprint density at radius 3 is 1.04 bits per heavy atom. The van der Waals surface area contributed by atoms with Crippen LogP contribution in [0.4, 0.5) is 0 Å². The minimum Gasteiger partial charge on any atom is -0.0622 e. The molecule has 0 atom stereocenters. The molecule has 0 heteroatoms. The van der Waals surface area contributed by atoms with Crippen molar-refractivity contribution in [2.24, 2.45) is 10.8 Å². The fourth-order valence-electron chi connectivity index (χ4n) is 10.0. The van der Waals surface area contributed by atoms with Crippen molar-refractivity contribution < 1.29 is 0 Å². The molecule has 250 valence electrons. The Hall–Kier alpha value is -5.46. The molecule has 0 N–H and O–H groups in total.